The number of aromatic hydroxyl groups is 1. The highest BCUT2D eigenvalue weighted by Gasteiger charge is 2.39. The Bertz CT molecular complexity index is 352. The maximum absolute atomic E-state index is 12.3. The van der Waals surface area contributed by atoms with Crippen LogP contribution in [0.5, 0.6) is 11.5 Å². The van der Waals surface area contributed by atoms with Crippen LogP contribution in [0.3, 0.4) is 0 Å². The van der Waals surface area contributed by atoms with E-state index in [1.165, 1.54) is 13.2 Å². The Balaban J connectivity index is 3.12. The number of phenols is 1. The van der Waals surface area contributed by atoms with Crippen molar-refractivity contribution in [1.29, 1.82) is 0 Å². The molecular formula is C9H10F3NO2. The molecule has 0 amide bonds. The highest BCUT2D eigenvalue weighted by molar-refractivity contribution is 5.41. The lowest BCUT2D eigenvalue weighted by Crippen LogP contribution is -2.28. The maximum atomic E-state index is 12.3. The van der Waals surface area contributed by atoms with Gasteiger partial charge in [-0.05, 0) is 18.2 Å². The zero-order chi connectivity index (χ0) is 11.6. The van der Waals surface area contributed by atoms with Crippen molar-refractivity contribution in [3.63, 3.8) is 0 Å². The Morgan fingerprint density at radius 1 is 1.40 bits per heavy atom. The SMILES string of the molecule is COc1ccc(O)c([C@@H](N)C(F)(F)F)c1. The van der Waals surface area contributed by atoms with E-state index in [9.17, 15) is 18.3 Å². The Morgan fingerprint density at radius 2 is 2.00 bits per heavy atom. The molecule has 3 nitrogen and oxygen atoms in total. The standard InChI is InChI=1S/C9H10F3NO2/c1-15-5-2-3-7(14)6(4-5)8(13)9(10,11)12/h2-4,8,14H,13H2,1H3/t8-/m1/s1. The third-order valence-corrected chi connectivity index (χ3v) is 1.92. The molecule has 0 saturated carbocycles. The Morgan fingerprint density at radius 3 is 2.47 bits per heavy atom. The zero-order valence-electron chi connectivity index (χ0n) is 7.88. The van der Waals surface area contributed by atoms with E-state index in [1.807, 2.05) is 0 Å². The van der Waals surface area contributed by atoms with Gasteiger partial charge in [0.15, 0.2) is 0 Å². The summed E-state index contributed by atoms with van der Waals surface area (Å²) in [7, 11) is 1.31. The molecule has 0 aliphatic heterocycles. The summed E-state index contributed by atoms with van der Waals surface area (Å²) in [6.45, 7) is 0. The van der Waals surface area contributed by atoms with Crippen molar-refractivity contribution in [2.45, 2.75) is 12.2 Å². The summed E-state index contributed by atoms with van der Waals surface area (Å²) in [5, 5.41) is 9.23. The monoisotopic (exact) mass is 221 g/mol. The van der Waals surface area contributed by atoms with Gasteiger partial charge in [-0.3, -0.25) is 0 Å². The second-order valence-corrected chi connectivity index (χ2v) is 2.94. The molecule has 0 saturated heterocycles. The largest absolute Gasteiger partial charge is 0.508 e. The average molecular weight is 221 g/mol. The van der Waals surface area contributed by atoms with Crippen LogP contribution in [0, 0.1) is 0 Å². The van der Waals surface area contributed by atoms with Gasteiger partial charge in [0.05, 0.1) is 7.11 Å². The first-order valence-electron chi connectivity index (χ1n) is 4.05. The number of rotatable bonds is 2. The molecule has 0 spiro atoms. The number of ether oxygens (including phenoxy) is 1. The fourth-order valence-corrected chi connectivity index (χ4v) is 1.09. The molecule has 0 aliphatic carbocycles. The molecule has 0 unspecified atom stereocenters. The lowest BCUT2D eigenvalue weighted by atomic mass is 10.1. The molecule has 15 heavy (non-hydrogen) atoms. The first-order chi connectivity index (χ1) is 6.86. The van der Waals surface area contributed by atoms with Crippen molar-refractivity contribution in [2.24, 2.45) is 5.73 Å². The smallest absolute Gasteiger partial charge is 0.407 e. The molecule has 6 heteroatoms. The van der Waals surface area contributed by atoms with Crippen LogP contribution >= 0.6 is 0 Å². The van der Waals surface area contributed by atoms with E-state index in [0.29, 0.717) is 0 Å². The van der Waals surface area contributed by atoms with Crippen molar-refractivity contribution in [3.05, 3.63) is 23.8 Å². The summed E-state index contributed by atoms with van der Waals surface area (Å²) in [5.74, 6) is -0.289. The quantitative estimate of drug-likeness (QED) is 0.802. The van der Waals surface area contributed by atoms with E-state index >= 15 is 0 Å². The van der Waals surface area contributed by atoms with Gasteiger partial charge >= 0.3 is 6.18 Å². The highest BCUT2D eigenvalue weighted by atomic mass is 19.4. The van der Waals surface area contributed by atoms with Crippen LogP contribution < -0.4 is 10.5 Å². The van der Waals surface area contributed by atoms with E-state index < -0.39 is 23.5 Å². The minimum absolute atomic E-state index is 0.211. The van der Waals surface area contributed by atoms with Gasteiger partial charge in [0.1, 0.15) is 17.5 Å². The van der Waals surface area contributed by atoms with Gasteiger partial charge in [-0.1, -0.05) is 0 Å². The van der Waals surface area contributed by atoms with Gasteiger partial charge < -0.3 is 15.6 Å². The number of nitrogens with two attached hydrogens (primary N) is 1. The number of hydrogen-bond donors (Lipinski definition) is 2. The normalized spacial score (nSPS) is 13.7. The highest BCUT2D eigenvalue weighted by Crippen LogP contribution is 2.36. The molecule has 1 aromatic carbocycles. The van der Waals surface area contributed by atoms with Crippen LogP contribution in [0.2, 0.25) is 0 Å². The number of methoxy groups -OCH3 is 1. The van der Waals surface area contributed by atoms with Gasteiger partial charge in [0.25, 0.3) is 0 Å². The van der Waals surface area contributed by atoms with Crippen LogP contribution in [0.1, 0.15) is 11.6 Å². The first kappa shape index (κ1) is 11.6. The summed E-state index contributed by atoms with van der Waals surface area (Å²) in [6.07, 6.45) is -4.59. The molecule has 3 N–H and O–H groups in total. The van der Waals surface area contributed by atoms with Crippen LogP contribution in [-0.2, 0) is 0 Å². The van der Waals surface area contributed by atoms with Crippen molar-refractivity contribution < 1.29 is 23.0 Å². The maximum Gasteiger partial charge on any atom is 0.407 e. The molecule has 1 atom stereocenters. The van der Waals surface area contributed by atoms with Gasteiger partial charge in [0.2, 0.25) is 0 Å². The second-order valence-electron chi connectivity index (χ2n) is 2.94. The molecule has 0 radical (unpaired) electrons. The van der Waals surface area contributed by atoms with Crippen LogP contribution in [0.4, 0.5) is 13.2 Å². The number of phenolic OH excluding ortho intramolecular Hbond substituents is 1. The van der Waals surface area contributed by atoms with Gasteiger partial charge in [0, 0.05) is 5.56 Å². The zero-order valence-corrected chi connectivity index (χ0v) is 7.88. The summed E-state index contributed by atoms with van der Waals surface area (Å²) in [4.78, 5) is 0. The predicted octanol–water partition coefficient (Wildman–Crippen LogP) is 1.96. The van der Waals surface area contributed by atoms with Crippen molar-refractivity contribution >= 4 is 0 Å². The number of halogens is 3. The van der Waals surface area contributed by atoms with Crippen LogP contribution in [-0.4, -0.2) is 18.4 Å². The van der Waals surface area contributed by atoms with Gasteiger partial charge in [-0.2, -0.15) is 13.2 Å². The summed E-state index contributed by atoms with van der Waals surface area (Å²) < 4.78 is 41.6. The molecule has 0 aromatic heterocycles. The fraction of sp³-hybridized carbons (Fsp3) is 0.333. The average Bonchev–Trinajstić information content (AvgIpc) is 2.16. The van der Waals surface area contributed by atoms with E-state index in [0.717, 1.165) is 12.1 Å². The topological polar surface area (TPSA) is 55.5 Å². The molecule has 1 aromatic rings. The van der Waals surface area contributed by atoms with Crippen molar-refractivity contribution in [1.82, 2.24) is 0 Å². The Hall–Kier alpha value is -1.43. The van der Waals surface area contributed by atoms with E-state index in [-0.39, 0.29) is 5.75 Å². The van der Waals surface area contributed by atoms with E-state index in [4.69, 9.17) is 10.5 Å². The van der Waals surface area contributed by atoms with Gasteiger partial charge in [-0.25, -0.2) is 0 Å². The summed E-state index contributed by atoms with van der Waals surface area (Å²) >= 11 is 0. The van der Waals surface area contributed by atoms with Crippen molar-refractivity contribution in [2.75, 3.05) is 7.11 Å². The van der Waals surface area contributed by atoms with E-state index in [1.54, 1.807) is 0 Å². The van der Waals surface area contributed by atoms with Crippen LogP contribution in [0.25, 0.3) is 0 Å². The lowest BCUT2D eigenvalue weighted by molar-refractivity contribution is -0.149. The third-order valence-electron chi connectivity index (χ3n) is 1.92. The minimum atomic E-state index is -4.59. The third kappa shape index (κ3) is 2.53. The number of benzene rings is 1. The Labute approximate surface area is 84.3 Å². The molecule has 0 bridgehead atoms. The number of alkyl halides is 3. The summed E-state index contributed by atoms with van der Waals surface area (Å²) in [6, 6.07) is 1.31. The molecule has 84 valence electrons. The molecule has 0 fully saturated rings. The number of hydrogen-bond acceptors (Lipinski definition) is 3. The predicted molar refractivity (Wildman–Crippen MR) is 47.6 cm³/mol. The Kier molecular flexibility index (Phi) is 3.09. The van der Waals surface area contributed by atoms with Crippen molar-refractivity contribution in [3.8, 4) is 11.5 Å². The van der Waals surface area contributed by atoms with E-state index in [2.05, 4.69) is 0 Å². The summed E-state index contributed by atoms with van der Waals surface area (Å²) in [5.41, 5.74) is 4.55. The van der Waals surface area contributed by atoms with Gasteiger partial charge in [-0.15, -0.1) is 0 Å². The molecular weight excluding hydrogens is 211 g/mol. The molecule has 0 aliphatic rings. The van der Waals surface area contributed by atoms with Crippen LogP contribution in [0.15, 0.2) is 18.2 Å². The minimum Gasteiger partial charge on any atom is -0.508 e. The lowest BCUT2D eigenvalue weighted by Gasteiger charge is -2.17. The molecule has 0 heterocycles. The first-order valence-corrected chi connectivity index (χ1v) is 4.05. The fourth-order valence-electron chi connectivity index (χ4n) is 1.09. The second kappa shape index (κ2) is 3.98. The molecule has 1 rings (SSSR count).